The van der Waals surface area contributed by atoms with Gasteiger partial charge in [-0.05, 0) is 18.2 Å². The maximum absolute atomic E-state index is 13.6. The number of pyridine rings is 1. The number of fused-ring (bicyclic) bond motifs is 3. The van der Waals surface area contributed by atoms with Crippen LogP contribution in [0.25, 0.3) is 11.1 Å². The fourth-order valence-corrected chi connectivity index (χ4v) is 5.41. The van der Waals surface area contributed by atoms with Crippen LogP contribution >= 0.6 is 0 Å². The quantitative estimate of drug-likeness (QED) is 0.547. The van der Waals surface area contributed by atoms with Crippen molar-refractivity contribution in [1.82, 2.24) is 19.4 Å². The van der Waals surface area contributed by atoms with Crippen LogP contribution in [0.1, 0.15) is 22.2 Å². The third-order valence-electron chi connectivity index (χ3n) is 6.93. The van der Waals surface area contributed by atoms with Gasteiger partial charge in [0.15, 0.2) is 0 Å². The fourth-order valence-electron chi connectivity index (χ4n) is 5.41. The number of benzene rings is 1. The summed E-state index contributed by atoms with van der Waals surface area (Å²) in [6.07, 6.45) is 4.16. The fraction of sp³-hybridized carbons (Fsp3) is 0.320. The van der Waals surface area contributed by atoms with Gasteiger partial charge >= 0.3 is 5.97 Å². The number of aliphatic hydroxyl groups excluding tert-OH is 1. The monoisotopic (exact) mass is 476 g/mol. The first-order chi connectivity index (χ1) is 17.0. The van der Waals surface area contributed by atoms with E-state index in [1.54, 1.807) is 29.9 Å². The molecule has 4 heterocycles. The number of esters is 1. The molecule has 1 fully saturated rings. The third kappa shape index (κ3) is 3.48. The number of carbonyl (C=O) groups excluding carboxylic acids is 2. The van der Waals surface area contributed by atoms with Crippen molar-refractivity contribution in [3.05, 3.63) is 76.7 Å². The second-order valence-corrected chi connectivity index (χ2v) is 8.51. The molecule has 0 spiro atoms. The van der Waals surface area contributed by atoms with Crippen LogP contribution in [0.4, 0.5) is 0 Å². The van der Waals surface area contributed by atoms with E-state index in [0.717, 1.165) is 0 Å². The Morgan fingerprint density at radius 2 is 1.91 bits per heavy atom. The summed E-state index contributed by atoms with van der Waals surface area (Å²) < 4.78 is 12.0. The Kier molecular flexibility index (Phi) is 5.81. The number of hydrogen-bond acceptors (Lipinski definition) is 8. The molecular weight excluding hydrogens is 452 g/mol. The summed E-state index contributed by atoms with van der Waals surface area (Å²) in [5.41, 5.74) is 1.53. The number of amides is 1. The normalized spacial score (nSPS) is 22.4. The molecule has 2 aliphatic rings. The standard InChI is InChI=1S/C25H24N4O6/c1-34-20-6-4-3-5-14(20)15-7-8-19-21-16(12-28(19)23(15)31)17(13-30)22(25(33)35-2)29(21)24(32)18-11-26-9-10-27-18/h3-11,16-17,21-22,30H,12-13H2,1-2H3/t16-,17-,21+,22-/m0/s1. The van der Waals surface area contributed by atoms with Crippen LogP contribution in [0.5, 0.6) is 5.75 Å². The zero-order valence-corrected chi connectivity index (χ0v) is 19.2. The topological polar surface area (TPSA) is 124 Å². The zero-order valence-electron chi connectivity index (χ0n) is 19.2. The maximum Gasteiger partial charge on any atom is 0.329 e. The van der Waals surface area contributed by atoms with Crippen molar-refractivity contribution in [2.24, 2.45) is 11.8 Å². The molecule has 1 N–H and O–H groups in total. The number of ether oxygens (including phenoxy) is 2. The zero-order chi connectivity index (χ0) is 24.7. The van der Waals surface area contributed by atoms with Crippen molar-refractivity contribution in [3.8, 4) is 16.9 Å². The average molecular weight is 476 g/mol. The lowest BCUT2D eigenvalue weighted by molar-refractivity contribution is -0.147. The van der Waals surface area contributed by atoms with Gasteiger partial charge in [0.25, 0.3) is 11.5 Å². The Balaban J connectivity index is 1.65. The molecule has 1 amide bonds. The second-order valence-electron chi connectivity index (χ2n) is 8.51. The molecule has 1 aromatic carbocycles. The first kappa shape index (κ1) is 22.7. The molecule has 0 bridgehead atoms. The minimum Gasteiger partial charge on any atom is -0.496 e. The van der Waals surface area contributed by atoms with Gasteiger partial charge in [0, 0.05) is 48.6 Å². The number of aliphatic hydroxyl groups is 1. The molecule has 5 rings (SSSR count). The predicted molar refractivity (Wildman–Crippen MR) is 124 cm³/mol. The molecule has 35 heavy (non-hydrogen) atoms. The van der Waals surface area contributed by atoms with Crippen molar-refractivity contribution >= 4 is 11.9 Å². The molecule has 2 aromatic heterocycles. The van der Waals surface area contributed by atoms with E-state index in [2.05, 4.69) is 9.97 Å². The minimum absolute atomic E-state index is 0.0604. The van der Waals surface area contributed by atoms with Crippen molar-refractivity contribution in [2.75, 3.05) is 20.8 Å². The van der Waals surface area contributed by atoms with E-state index in [1.165, 1.54) is 30.6 Å². The number of carbonyl (C=O) groups is 2. The first-order valence-electron chi connectivity index (χ1n) is 11.2. The smallest absolute Gasteiger partial charge is 0.329 e. The Labute approximate surface area is 200 Å². The van der Waals surface area contributed by atoms with Crippen molar-refractivity contribution < 1.29 is 24.2 Å². The molecule has 0 radical (unpaired) electrons. The van der Waals surface area contributed by atoms with E-state index in [0.29, 0.717) is 22.6 Å². The van der Waals surface area contributed by atoms with Gasteiger partial charge in [-0.2, -0.15) is 0 Å². The van der Waals surface area contributed by atoms with Gasteiger partial charge in [-0.1, -0.05) is 18.2 Å². The number of aromatic nitrogens is 3. The molecule has 0 aliphatic carbocycles. The largest absolute Gasteiger partial charge is 0.496 e. The van der Waals surface area contributed by atoms with E-state index in [-0.39, 0.29) is 30.3 Å². The van der Waals surface area contributed by atoms with Gasteiger partial charge in [0.1, 0.15) is 17.5 Å². The Morgan fingerprint density at radius 1 is 1.11 bits per heavy atom. The third-order valence-corrected chi connectivity index (χ3v) is 6.93. The van der Waals surface area contributed by atoms with Crippen LogP contribution in [0.3, 0.4) is 0 Å². The van der Waals surface area contributed by atoms with Crippen molar-refractivity contribution in [2.45, 2.75) is 18.6 Å². The van der Waals surface area contributed by atoms with Crippen LogP contribution in [-0.2, 0) is 16.1 Å². The highest BCUT2D eigenvalue weighted by molar-refractivity contribution is 5.96. The summed E-state index contributed by atoms with van der Waals surface area (Å²) in [6.45, 7) is -0.113. The minimum atomic E-state index is -1.02. The highest BCUT2D eigenvalue weighted by Crippen LogP contribution is 2.50. The number of likely N-dealkylation sites (tertiary alicyclic amines) is 1. The molecule has 2 aliphatic heterocycles. The Bertz CT molecular complexity index is 1340. The molecule has 10 nitrogen and oxygen atoms in total. The van der Waals surface area contributed by atoms with Crippen molar-refractivity contribution in [1.29, 1.82) is 0 Å². The van der Waals surface area contributed by atoms with Crippen LogP contribution in [0.2, 0.25) is 0 Å². The number of para-hydroxylation sites is 1. The molecular formula is C25H24N4O6. The van der Waals surface area contributed by atoms with Gasteiger partial charge in [-0.25, -0.2) is 9.78 Å². The summed E-state index contributed by atoms with van der Waals surface area (Å²) in [5, 5.41) is 10.3. The van der Waals surface area contributed by atoms with Crippen molar-refractivity contribution in [3.63, 3.8) is 0 Å². The SMILES string of the molecule is COC(=O)[C@@H]1[C@@H](CO)[C@@H]2Cn3c(ccc(-c4ccccc4OC)c3=O)[C@@H]2N1C(=O)c1cnccn1. The van der Waals surface area contributed by atoms with Crippen LogP contribution in [-0.4, -0.2) is 63.3 Å². The first-order valence-corrected chi connectivity index (χ1v) is 11.2. The molecule has 4 atom stereocenters. The van der Waals surface area contributed by atoms with Crippen LogP contribution in [0, 0.1) is 11.8 Å². The van der Waals surface area contributed by atoms with Gasteiger partial charge in [-0.15, -0.1) is 0 Å². The maximum atomic E-state index is 13.6. The molecule has 10 heteroatoms. The summed E-state index contributed by atoms with van der Waals surface area (Å²) in [5.74, 6) is -1.57. The van der Waals surface area contributed by atoms with E-state index in [4.69, 9.17) is 9.47 Å². The van der Waals surface area contributed by atoms with Crippen LogP contribution in [0.15, 0.2) is 59.8 Å². The summed E-state index contributed by atoms with van der Waals surface area (Å²) in [6, 6.07) is 9.10. The number of hydrogen-bond donors (Lipinski definition) is 1. The van der Waals surface area contributed by atoms with Gasteiger partial charge < -0.3 is 24.0 Å². The van der Waals surface area contributed by atoms with Gasteiger partial charge in [0.2, 0.25) is 0 Å². The Morgan fingerprint density at radius 3 is 2.60 bits per heavy atom. The summed E-state index contributed by atoms with van der Waals surface area (Å²) >= 11 is 0. The van der Waals surface area contributed by atoms with E-state index < -0.39 is 29.9 Å². The highest BCUT2D eigenvalue weighted by Gasteiger charge is 2.58. The van der Waals surface area contributed by atoms with E-state index >= 15 is 0 Å². The highest BCUT2D eigenvalue weighted by atomic mass is 16.5. The second kappa shape index (κ2) is 8.95. The van der Waals surface area contributed by atoms with E-state index in [9.17, 15) is 19.5 Å². The molecule has 0 saturated carbocycles. The lowest BCUT2D eigenvalue weighted by Crippen LogP contribution is -2.46. The van der Waals surface area contributed by atoms with Crippen LogP contribution < -0.4 is 10.3 Å². The summed E-state index contributed by atoms with van der Waals surface area (Å²) in [4.78, 5) is 49.4. The lowest BCUT2D eigenvalue weighted by atomic mass is 9.88. The molecule has 180 valence electrons. The van der Waals surface area contributed by atoms with E-state index in [1.807, 2.05) is 18.2 Å². The van der Waals surface area contributed by atoms with Gasteiger partial charge in [-0.3, -0.25) is 14.6 Å². The average Bonchev–Trinajstić information content (AvgIpc) is 3.43. The molecule has 1 saturated heterocycles. The number of nitrogens with zero attached hydrogens (tertiary/aromatic N) is 4. The lowest BCUT2D eigenvalue weighted by Gasteiger charge is -2.29. The summed E-state index contributed by atoms with van der Waals surface area (Å²) in [7, 11) is 2.79. The number of methoxy groups -OCH3 is 2. The Hall–Kier alpha value is -4.05. The molecule has 0 unspecified atom stereocenters. The molecule has 3 aromatic rings. The predicted octanol–water partition coefficient (Wildman–Crippen LogP) is 1.29. The number of rotatable bonds is 5. The van der Waals surface area contributed by atoms with Gasteiger partial charge in [0.05, 0.1) is 32.0 Å².